The average molecular weight is 314 g/mol. The molecule has 1 unspecified atom stereocenters. The molecule has 0 spiro atoms. The maximum absolute atomic E-state index is 12.8. The third-order valence-electron chi connectivity index (χ3n) is 4.19. The number of ketones is 1. The summed E-state index contributed by atoms with van der Waals surface area (Å²) in [7, 11) is 0. The predicted octanol–water partition coefficient (Wildman–Crippen LogP) is 4.27. The molecule has 20 heavy (non-hydrogen) atoms. The zero-order chi connectivity index (χ0) is 14.6. The van der Waals surface area contributed by atoms with E-state index in [4.69, 9.17) is 23.2 Å². The number of Topliss-reactive ketones (excluding diaryl/α,β-unsaturated/α-hetero) is 1. The zero-order valence-corrected chi connectivity index (χ0v) is 13.4. The van der Waals surface area contributed by atoms with E-state index >= 15 is 0 Å². The zero-order valence-electron chi connectivity index (χ0n) is 11.8. The fourth-order valence-electron chi connectivity index (χ4n) is 3.09. The van der Waals surface area contributed by atoms with Gasteiger partial charge in [0.1, 0.15) is 5.78 Å². The number of nitrogens with one attached hydrogen (secondary N) is 1. The number of halogens is 2. The lowest BCUT2D eigenvalue weighted by Gasteiger charge is -2.36. The normalized spacial score (nSPS) is 22.8. The molecule has 4 heteroatoms. The number of hydrogen-bond donors (Lipinski definition) is 1. The van der Waals surface area contributed by atoms with Gasteiger partial charge in [-0.05, 0) is 43.5 Å². The summed E-state index contributed by atoms with van der Waals surface area (Å²) < 4.78 is 0. The highest BCUT2D eigenvalue weighted by molar-refractivity contribution is 6.36. The number of hydrogen-bond acceptors (Lipinski definition) is 2. The van der Waals surface area contributed by atoms with E-state index in [2.05, 4.69) is 12.2 Å². The van der Waals surface area contributed by atoms with Crippen LogP contribution < -0.4 is 5.32 Å². The van der Waals surface area contributed by atoms with Crippen molar-refractivity contribution in [1.29, 1.82) is 0 Å². The Kier molecular flexibility index (Phi) is 5.48. The number of benzene rings is 1. The summed E-state index contributed by atoms with van der Waals surface area (Å²) in [5.74, 6) is 0.265. The molecule has 1 aromatic rings. The van der Waals surface area contributed by atoms with Crippen LogP contribution in [0.4, 0.5) is 0 Å². The largest absolute Gasteiger partial charge is 0.316 e. The number of piperidine rings is 1. The molecule has 1 aliphatic rings. The summed E-state index contributed by atoms with van der Waals surface area (Å²) in [5, 5.41) is 4.54. The van der Waals surface area contributed by atoms with Gasteiger partial charge in [0.05, 0.1) is 0 Å². The summed E-state index contributed by atoms with van der Waals surface area (Å²) in [6.45, 7) is 3.92. The molecular formula is C16H21Cl2NO. The summed E-state index contributed by atoms with van der Waals surface area (Å²) in [5.41, 5.74) is 0.525. The minimum atomic E-state index is -0.241. The highest BCUT2D eigenvalue weighted by atomic mass is 35.5. The van der Waals surface area contributed by atoms with Crippen molar-refractivity contribution < 1.29 is 4.79 Å². The Morgan fingerprint density at radius 1 is 1.35 bits per heavy atom. The van der Waals surface area contributed by atoms with Crippen LogP contribution in [0.2, 0.25) is 10.0 Å². The van der Waals surface area contributed by atoms with Gasteiger partial charge >= 0.3 is 0 Å². The monoisotopic (exact) mass is 313 g/mol. The number of carbonyl (C=O) groups is 1. The summed E-state index contributed by atoms with van der Waals surface area (Å²) in [6, 6.07) is 5.39. The van der Waals surface area contributed by atoms with Gasteiger partial charge < -0.3 is 5.32 Å². The molecule has 1 N–H and O–H groups in total. The van der Waals surface area contributed by atoms with Crippen LogP contribution >= 0.6 is 23.2 Å². The third-order valence-corrected chi connectivity index (χ3v) is 4.90. The second-order valence-electron chi connectivity index (χ2n) is 5.61. The first-order valence-corrected chi connectivity index (χ1v) is 8.01. The predicted molar refractivity (Wildman–Crippen MR) is 84.6 cm³/mol. The fourth-order valence-corrected chi connectivity index (χ4v) is 3.62. The fraction of sp³-hybridized carbons (Fsp3) is 0.562. The van der Waals surface area contributed by atoms with Gasteiger partial charge in [0.15, 0.2) is 0 Å². The molecule has 1 aromatic carbocycles. The molecule has 1 heterocycles. The van der Waals surface area contributed by atoms with Gasteiger partial charge in [-0.15, -0.1) is 0 Å². The van der Waals surface area contributed by atoms with Crippen LogP contribution in [0.5, 0.6) is 0 Å². The second-order valence-corrected chi connectivity index (χ2v) is 6.43. The standard InChI is InChI=1S/C16H21Cl2NO/c1-2-7-16(8-4-9-19-11-16)15(20)10-12-13(17)5-3-6-14(12)18/h3,5-6,19H,2,4,7-11H2,1H3. The number of rotatable bonds is 5. The van der Waals surface area contributed by atoms with E-state index in [-0.39, 0.29) is 11.2 Å². The molecule has 1 saturated heterocycles. The molecule has 110 valence electrons. The van der Waals surface area contributed by atoms with Crippen molar-refractivity contribution >= 4 is 29.0 Å². The van der Waals surface area contributed by atoms with Crippen LogP contribution in [-0.4, -0.2) is 18.9 Å². The summed E-state index contributed by atoms with van der Waals surface area (Å²) in [4.78, 5) is 12.8. The molecule has 0 aliphatic carbocycles. The Hall–Kier alpha value is -0.570. The van der Waals surface area contributed by atoms with E-state index in [0.717, 1.165) is 44.3 Å². The van der Waals surface area contributed by atoms with Gasteiger partial charge in [0.2, 0.25) is 0 Å². The van der Waals surface area contributed by atoms with E-state index in [0.29, 0.717) is 16.5 Å². The molecule has 2 nitrogen and oxygen atoms in total. The van der Waals surface area contributed by atoms with Crippen molar-refractivity contribution in [2.45, 2.75) is 39.0 Å². The lowest BCUT2D eigenvalue weighted by molar-refractivity contribution is -0.129. The average Bonchev–Trinajstić information content (AvgIpc) is 2.44. The van der Waals surface area contributed by atoms with E-state index < -0.39 is 0 Å². The first-order chi connectivity index (χ1) is 9.59. The first kappa shape index (κ1) is 15.8. The maximum atomic E-state index is 12.8. The van der Waals surface area contributed by atoms with Crippen molar-refractivity contribution in [3.63, 3.8) is 0 Å². The van der Waals surface area contributed by atoms with Crippen molar-refractivity contribution in [3.05, 3.63) is 33.8 Å². The molecule has 2 rings (SSSR count). The van der Waals surface area contributed by atoms with Crippen molar-refractivity contribution in [3.8, 4) is 0 Å². The van der Waals surface area contributed by atoms with Gasteiger partial charge in [0.25, 0.3) is 0 Å². The van der Waals surface area contributed by atoms with E-state index in [9.17, 15) is 4.79 Å². The molecule has 0 radical (unpaired) electrons. The Labute approximate surface area is 130 Å². The quantitative estimate of drug-likeness (QED) is 0.879. The minimum Gasteiger partial charge on any atom is -0.316 e. The second kappa shape index (κ2) is 6.93. The minimum absolute atomic E-state index is 0.241. The lowest BCUT2D eigenvalue weighted by Crippen LogP contribution is -2.46. The van der Waals surface area contributed by atoms with Crippen molar-refractivity contribution in [2.24, 2.45) is 5.41 Å². The highest BCUT2D eigenvalue weighted by Crippen LogP contribution is 2.35. The van der Waals surface area contributed by atoms with Crippen LogP contribution in [0.3, 0.4) is 0 Å². The van der Waals surface area contributed by atoms with Crippen LogP contribution in [0.1, 0.15) is 38.2 Å². The lowest BCUT2D eigenvalue weighted by atomic mass is 9.72. The Morgan fingerprint density at radius 2 is 2.05 bits per heavy atom. The third kappa shape index (κ3) is 3.36. The van der Waals surface area contributed by atoms with Crippen LogP contribution in [0.25, 0.3) is 0 Å². The molecule has 1 atom stereocenters. The van der Waals surface area contributed by atoms with E-state index in [1.54, 1.807) is 12.1 Å². The van der Waals surface area contributed by atoms with Gasteiger partial charge in [-0.1, -0.05) is 42.6 Å². The smallest absolute Gasteiger partial charge is 0.144 e. The summed E-state index contributed by atoms with van der Waals surface area (Å²) >= 11 is 12.4. The van der Waals surface area contributed by atoms with Gasteiger partial charge in [0, 0.05) is 28.4 Å². The van der Waals surface area contributed by atoms with Crippen molar-refractivity contribution in [2.75, 3.05) is 13.1 Å². The Morgan fingerprint density at radius 3 is 2.60 bits per heavy atom. The van der Waals surface area contributed by atoms with Gasteiger partial charge in [-0.3, -0.25) is 4.79 Å². The Balaban J connectivity index is 2.20. The van der Waals surface area contributed by atoms with E-state index in [1.165, 1.54) is 0 Å². The van der Waals surface area contributed by atoms with Gasteiger partial charge in [-0.25, -0.2) is 0 Å². The van der Waals surface area contributed by atoms with Crippen LogP contribution in [-0.2, 0) is 11.2 Å². The molecule has 1 aliphatic heterocycles. The Bertz CT molecular complexity index is 456. The number of carbonyl (C=O) groups excluding carboxylic acids is 1. The van der Waals surface area contributed by atoms with Gasteiger partial charge in [-0.2, -0.15) is 0 Å². The summed E-state index contributed by atoms with van der Waals surface area (Å²) in [6.07, 6.45) is 4.31. The molecular weight excluding hydrogens is 293 g/mol. The molecule has 1 fully saturated rings. The highest BCUT2D eigenvalue weighted by Gasteiger charge is 2.38. The van der Waals surface area contributed by atoms with Crippen LogP contribution in [0, 0.1) is 5.41 Å². The first-order valence-electron chi connectivity index (χ1n) is 7.26. The van der Waals surface area contributed by atoms with E-state index in [1.807, 2.05) is 6.07 Å². The molecule has 0 aromatic heterocycles. The van der Waals surface area contributed by atoms with Crippen molar-refractivity contribution in [1.82, 2.24) is 5.32 Å². The van der Waals surface area contributed by atoms with Crippen LogP contribution in [0.15, 0.2) is 18.2 Å². The maximum Gasteiger partial charge on any atom is 0.144 e. The molecule has 0 amide bonds. The topological polar surface area (TPSA) is 29.1 Å². The SMILES string of the molecule is CCCC1(C(=O)Cc2c(Cl)cccc2Cl)CCCNC1. The molecule has 0 bridgehead atoms. The molecule has 0 saturated carbocycles.